The molecule has 22 heavy (non-hydrogen) atoms. The zero-order valence-electron chi connectivity index (χ0n) is 12.5. The molecule has 0 aliphatic heterocycles. The number of rotatable bonds is 4. The summed E-state index contributed by atoms with van der Waals surface area (Å²) in [6, 6.07) is 7.10. The van der Waals surface area contributed by atoms with Crippen molar-refractivity contribution in [1.29, 1.82) is 0 Å². The average molecular weight is 341 g/mol. The maximum absolute atomic E-state index is 12.3. The highest BCUT2D eigenvalue weighted by atomic mass is 35.5. The molecule has 0 aliphatic carbocycles. The molecule has 0 bridgehead atoms. The lowest BCUT2D eigenvalue weighted by atomic mass is 10.2. The molecule has 1 aromatic carbocycles. The fourth-order valence-electron chi connectivity index (χ4n) is 1.64. The first-order valence-corrected chi connectivity index (χ1v) is 8.63. The Bertz CT molecular complexity index is 772. The lowest BCUT2D eigenvalue weighted by Crippen LogP contribution is -2.29. The molecular formula is C14H17ClN4O2S. The molecule has 0 unspecified atom stereocenters. The van der Waals surface area contributed by atoms with Crippen molar-refractivity contribution in [3.63, 3.8) is 0 Å². The molecule has 8 heteroatoms. The Morgan fingerprint density at radius 3 is 2.59 bits per heavy atom. The number of benzene rings is 1. The molecular weight excluding hydrogens is 324 g/mol. The van der Waals surface area contributed by atoms with Crippen LogP contribution in [0.15, 0.2) is 30.6 Å². The van der Waals surface area contributed by atoms with Gasteiger partial charge in [-0.3, -0.25) is 0 Å². The molecule has 0 atom stereocenters. The van der Waals surface area contributed by atoms with E-state index in [0.29, 0.717) is 17.2 Å². The van der Waals surface area contributed by atoms with Gasteiger partial charge < -0.3 is 5.32 Å². The molecule has 2 rings (SSSR count). The number of halogens is 1. The van der Waals surface area contributed by atoms with Gasteiger partial charge in [0.15, 0.2) is 9.84 Å². The van der Waals surface area contributed by atoms with Gasteiger partial charge in [-0.05, 0) is 50.1 Å². The largest absolute Gasteiger partial charge is 0.324 e. The minimum atomic E-state index is -3.24. The van der Waals surface area contributed by atoms with Crippen molar-refractivity contribution in [2.24, 2.45) is 0 Å². The summed E-state index contributed by atoms with van der Waals surface area (Å²) >= 11 is 5.70. The van der Waals surface area contributed by atoms with Gasteiger partial charge in [0.1, 0.15) is 6.33 Å². The van der Waals surface area contributed by atoms with Crippen LogP contribution in [0.4, 0.5) is 11.6 Å². The second-order valence-corrected chi connectivity index (χ2v) is 8.86. The van der Waals surface area contributed by atoms with Gasteiger partial charge in [-0.15, -0.1) is 0 Å². The molecule has 1 aromatic heterocycles. The van der Waals surface area contributed by atoms with Crippen molar-refractivity contribution < 1.29 is 8.42 Å². The first-order chi connectivity index (χ1) is 10.2. The molecule has 118 valence electrons. The summed E-state index contributed by atoms with van der Waals surface area (Å²) in [5.41, 5.74) is 1.38. The van der Waals surface area contributed by atoms with Gasteiger partial charge in [0.2, 0.25) is 11.2 Å². The zero-order chi connectivity index (χ0) is 16.4. The molecule has 1 heterocycles. The number of nitrogens with zero attached hydrogens (tertiary/aromatic N) is 3. The molecule has 0 amide bonds. The van der Waals surface area contributed by atoms with E-state index in [9.17, 15) is 8.42 Å². The van der Waals surface area contributed by atoms with Crippen LogP contribution in [-0.2, 0) is 15.6 Å². The van der Waals surface area contributed by atoms with Gasteiger partial charge in [0, 0.05) is 5.69 Å². The average Bonchev–Trinajstić information content (AvgIpc) is 2.37. The molecule has 2 aromatic rings. The van der Waals surface area contributed by atoms with Crippen molar-refractivity contribution in [3.8, 4) is 0 Å². The van der Waals surface area contributed by atoms with Crippen LogP contribution in [0.25, 0.3) is 0 Å². The van der Waals surface area contributed by atoms with E-state index >= 15 is 0 Å². The van der Waals surface area contributed by atoms with E-state index in [-0.39, 0.29) is 11.0 Å². The Labute approximate surface area is 134 Å². The fraction of sp³-hybridized carbons (Fsp3) is 0.357. The van der Waals surface area contributed by atoms with E-state index in [1.54, 1.807) is 45.0 Å². The summed E-state index contributed by atoms with van der Waals surface area (Å²) in [5.74, 6) is 0.278. The summed E-state index contributed by atoms with van der Waals surface area (Å²) in [6.45, 7) is 5.08. The summed E-state index contributed by atoms with van der Waals surface area (Å²) < 4.78 is 23.7. The quantitative estimate of drug-likeness (QED) is 0.921. The third-order valence-corrected chi connectivity index (χ3v) is 5.78. The van der Waals surface area contributed by atoms with E-state index < -0.39 is 14.6 Å². The molecule has 0 radical (unpaired) electrons. The van der Waals surface area contributed by atoms with Crippen LogP contribution in [-0.4, -0.2) is 28.1 Å². The van der Waals surface area contributed by atoms with Gasteiger partial charge in [0.25, 0.3) is 0 Å². The third-order valence-electron chi connectivity index (χ3n) is 3.02. The van der Waals surface area contributed by atoms with Crippen LogP contribution in [0, 0.1) is 0 Å². The number of hydrogen-bond donors (Lipinski definition) is 1. The predicted octanol–water partition coefficient (Wildman–Crippen LogP) is 2.98. The van der Waals surface area contributed by atoms with Crippen molar-refractivity contribution in [2.45, 2.75) is 31.3 Å². The summed E-state index contributed by atoms with van der Waals surface area (Å²) in [5, 5.41) is 3.06. The SMILES string of the molecule is CC(C)(C)S(=O)(=O)Cc1cccc(Nc2ncnc(Cl)n2)c1. The first kappa shape index (κ1) is 16.6. The van der Waals surface area contributed by atoms with Crippen molar-refractivity contribution in [1.82, 2.24) is 15.0 Å². The predicted molar refractivity (Wildman–Crippen MR) is 86.9 cm³/mol. The number of sulfone groups is 1. The fourth-order valence-corrected chi connectivity index (χ4v) is 2.82. The monoisotopic (exact) mass is 340 g/mol. The zero-order valence-corrected chi connectivity index (χ0v) is 14.1. The Balaban J connectivity index is 2.21. The maximum atomic E-state index is 12.3. The minimum Gasteiger partial charge on any atom is -0.324 e. The van der Waals surface area contributed by atoms with E-state index in [4.69, 9.17) is 11.6 Å². The highest BCUT2D eigenvalue weighted by Crippen LogP contribution is 2.22. The van der Waals surface area contributed by atoms with Crippen molar-refractivity contribution in [2.75, 3.05) is 5.32 Å². The van der Waals surface area contributed by atoms with Crippen LogP contribution in [0.1, 0.15) is 26.3 Å². The molecule has 6 nitrogen and oxygen atoms in total. The lowest BCUT2D eigenvalue weighted by molar-refractivity contribution is 0.559. The molecule has 1 N–H and O–H groups in total. The Kier molecular flexibility index (Phi) is 4.67. The van der Waals surface area contributed by atoms with Crippen LogP contribution < -0.4 is 5.32 Å². The van der Waals surface area contributed by atoms with E-state index in [1.807, 2.05) is 0 Å². The summed E-state index contributed by atoms with van der Waals surface area (Å²) in [6.07, 6.45) is 1.30. The van der Waals surface area contributed by atoms with Crippen molar-refractivity contribution in [3.05, 3.63) is 41.4 Å². The standard InChI is InChI=1S/C14H17ClN4O2S/c1-14(2,3)22(20,21)8-10-5-4-6-11(7-10)18-13-17-9-16-12(15)19-13/h4-7,9H,8H2,1-3H3,(H,16,17,18,19). The van der Waals surface area contributed by atoms with Crippen LogP contribution in [0.5, 0.6) is 0 Å². The molecule has 0 saturated carbocycles. The van der Waals surface area contributed by atoms with Gasteiger partial charge in [-0.2, -0.15) is 4.98 Å². The molecule has 0 fully saturated rings. The van der Waals surface area contributed by atoms with Gasteiger partial charge >= 0.3 is 0 Å². The van der Waals surface area contributed by atoms with Gasteiger partial charge in [-0.25, -0.2) is 18.4 Å². The summed E-state index contributed by atoms with van der Waals surface area (Å²) in [7, 11) is -3.24. The van der Waals surface area contributed by atoms with Crippen LogP contribution >= 0.6 is 11.6 Å². The number of nitrogens with one attached hydrogen (secondary N) is 1. The minimum absolute atomic E-state index is 0.0238. The Hall–Kier alpha value is -1.73. The smallest absolute Gasteiger partial charge is 0.231 e. The molecule has 0 aliphatic rings. The highest BCUT2D eigenvalue weighted by Gasteiger charge is 2.28. The van der Waals surface area contributed by atoms with E-state index in [1.165, 1.54) is 6.33 Å². The molecule has 0 saturated heterocycles. The van der Waals surface area contributed by atoms with Crippen LogP contribution in [0.3, 0.4) is 0 Å². The van der Waals surface area contributed by atoms with Crippen molar-refractivity contribution >= 4 is 33.1 Å². The number of aromatic nitrogens is 3. The number of hydrogen-bond acceptors (Lipinski definition) is 6. The second-order valence-electron chi connectivity index (χ2n) is 5.77. The van der Waals surface area contributed by atoms with Gasteiger partial charge in [-0.1, -0.05) is 12.1 Å². The topological polar surface area (TPSA) is 84.8 Å². The number of anilines is 2. The Morgan fingerprint density at radius 2 is 1.95 bits per heavy atom. The highest BCUT2D eigenvalue weighted by molar-refractivity contribution is 7.91. The lowest BCUT2D eigenvalue weighted by Gasteiger charge is -2.19. The van der Waals surface area contributed by atoms with Crippen LogP contribution in [0.2, 0.25) is 5.28 Å². The second kappa shape index (κ2) is 6.18. The normalized spacial score (nSPS) is 12.2. The third kappa shape index (κ3) is 4.14. The Morgan fingerprint density at radius 1 is 1.23 bits per heavy atom. The first-order valence-electron chi connectivity index (χ1n) is 6.60. The van der Waals surface area contributed by atoms with E-state index in [2.05, 4.69) is 20.3 Å². The van der Waals surface area contributed by atoms with E-state index in [0.717, 1.165) is 0 Å². The maximum Gasteiger partial charge on any atom is 0.231 e. The van der Waals surface area contributed by atoms with Gasteiger partial charge in [0.05, 0.1) is 10.5 Å². The summed E-state index contributed by atoms with van der Waals surface area (Å²) in [4.78, 5) is 11.6. The molecule has 0 spiro atoms.